The number of piperidine rings is 1. The fraction of sp³-hybridized carbons (Fsp3) is 0.250. The molecule has 1 N–H and O–H groups in total. The lowest BCUT2D eigenvalue weighted by molar-refractivity contribution is -0.137. The second kappa shape index (κ2) is 10.2. The van der Waals surface area contributed by atoms with Crippen molar-refractivity contribution in [1.29, 1.82) is 0 Å². The van der Waals surface area contributed by atoms with Gasteiger partial charge >= 0.3 is 6.18 Å². The molecule has 0 atom stereocenters. The van der Waals surface area contributed by atoms with Gasteiger partial charge in [-0.25, -0.2) is 18.7 Å². The molecular formula is C28H23F4N7O3. The zero-order valence-corrected chi connectivity index (χ0v) is 21.9. The summed E-state index contributed by atoms with van der Waals surface area (Å²) in [6, 6.07) is 11.6. The number of aromatic nitrogens is 6. The van der Waals surface area contributed by atoms with Crippen molar-refractivity contribution in [3.8, 4) is 11.4 Å². The summed E-state index contributed by atoms with van der Waals surface area (Å²) < 4.78 is 55.8. The molecule has 1 saturated heterocycles. The van der Waals surface area contributed by atoms with Gasteiger partial charge in [-0.1, -0.05) is 0 Å². The molecule has 1 aliphatic heterocycles. The van der Waals surface area contributed by atoms with Crippen LogP contribution < -0.4 is 5.56 Å². The highest BCUT2D eigenvalue weighted by Crippen LogP contribution is 2.29. The van der Waals surface area contributed by atoms with Crippen molar-refractivity contribution in [1.82, 2.24) is 34.0 Å². The van der Waals surface area contributed by atoms with Gasteiger partial charge in [0.1, 0.15) is 17.5 Å². The number of hydrogen-bond acceptors (Lipinski definition) is 6. The van der Waals surface area contributed by atoms with Crippen LogP contribution in [-0.4, -0.2) is 63.7 Å². The summed E-state index contributed by atoms with van der Waals surface area (Å²) >= 11 is 0. The van der Waals surface area contributed by atoms with Crippen LogP contribution in [0.15, 0.2) is 78.2 Å². The Bertz CT molecular complexity index is 1820. The molecule has 0 saturated carbocycles. The van der Waals surface area contributed by atoms with Gasteiger partial charge in [-0.05, 0) is 61.4 Å². The summed E-state index contributed by atoms with van der Waals surface area (Å²) in [4.78, 5) is 32.0. The SMILES string of the molecule is O=C(c1ccc(F)cc1)N1CCC(O)(Cn2cnc3c(cnn3-c3ccc(-n4cc(C(F)(F)F)cn4)cc3)c2=O)CC1. The Morgan fingerprint density at radius 3 is 2.26 bits per heavy atom. The summed E-state index contributed by atoms with van der Waals surface area (Å²) in [6.07, 6.45) is 0.302. The Hall–Kier alpha value is -4.85. The quantitative estimate of drug-likeness (QED) is 0.318. The Kier molecular flexibility index (Phi) is 6.64. The molecule has 5 aromatic rings. The van der Waals surface area contributed by atoms with Gasteiger partial charge < -0.3 is 10.0 Å². The van der Waals surface area contributed by atoms with Gasteiger partial charge in [0.05, 0.1) is 41.5 Å². The fourth-order valence-electron chi connectivity index (χ4n) is 4.98. The Morgan fingerprint density at radius 1 is 0.952 bits per heavy atom. The molecule has 1 amide bonds. The molecule has 10 nitrogen and oxygen atoms in total. The molecule has 0 unspecified atom stereocenters. The van der Waals surface area contributed by atoms with Crippen molar-refractivity contribution >= 4 is 16.9 Å². The molecule has 3 aromatic heterocycles. The van der Waals surface area contributed by atoms with E-state index < -0.39 is 28.7 Å². The molecule has 0 radical (unpaired) electrons. The summed E-state index contributed by atoms with van der Waals surface area (Å²) in [5.74, 6) is -0.691. The van der Waals surface area contributed by atoms with Gasteiger partial charge in [0.15, 0.2) is 5.65 Å². The number of nitrogens with zero attached hydrogens (tertiary/aromatic N) is 7. The first-order valence-electron chi connectivity index (χ1n) is 12.9. The number of alkyl halides is 3. The normalized spacial score (nSPS) is 15.3. The third kappa shape index (κ3) is 5.16. The minimum atomic E-state index is -4.50. The minimum absolute atomic E-state index is 0.0307. The van der Waals surface area contributed by atoms with Gasteiger partial charge in [0.25, 0.3) is 11.5 Å². The van der Waals surface area contributed by atoms with Crippen LogP contribution in [0.3, 0.4) is 0 Å². The topological polar surface area (TPSA) is 111 Å². The lowest BCUT2D eigenvalue weighted by Gasteiger charge is -2.38. The summed E-state index contributed by atoms with van der Waals surface area (Å²) in [6.45, 7) is 0.499. The second-order valence-corrected chi connectivity index (χ2v) is 10.2. The predicted octanol–water partition coefficient (Wildman–Crippen LogP) is 3.59. The monoisotopic (exact) mass is 581 g/mol. The zero-order valence-electron chi connectivity index (χ0n) is 21.9. The number of carbonyl (C=O) groups excluding carboxylic acids is 1. The number of likely N-dealkylation sites (tertiary alicyclic amines) is 1. The number of rotatable bonds is 5. The highest BCUT2D eigenvalue weighted by atomic mass is 19.4. The van der Waals surface area contributed by atoms with E-state index in [0.717, 1.165) is 17.1 Å². The van der Waals surface area contributed by atoms with Crippen LogP contribution in [0.1, 0.15) is 28.8 Å². The summed E-state index contributed by atoms with van der Waals surface area (Å²) in [7, 11) is 0. The van der Waals surface area contributed by atoms with E-state index >= 15 is 0 Å². The Balaban J connectivity index is 1.16. The zero-order chi connectivity index (χ0) is 29.6. The third-order valence-electron chi connectivity index (χ3n) is 7.36. The summed E-state index contributed by atoms with van der Waals surface area (Å²) in [5.41, 5.74) is -0.956. The standard InChI is InChI=1S/C28H23F4N7O3/c29-20-3-1-18(2-4-20)25(40)36-11-9-27(42,10-12-36)16-37-17-33-24-23(26(37)41)14-35-39(24)22-7-5-21(6-8-22)38-15-19(13-34-38)28(30,31)32/h1-8,13-15,17,42H,9-12,16H2. The van der Waals surface area contributed by atoms with Crippen LogP contribution >= 0.6 is 0 Å². The van der Waals surface area contributed by atoms with Crippen molar-refractivity contribution in [2.24, 2.45) is 0 Å². The van der Waals surface area contributed by atoms with Gasteiger partial charge in [-0.15, -0.1) is 0 Å². The average molecular weight is 582 g/mol. The van der Waals surface area contributed by atoms with E-state index in [2.05, 4.69) is 15.2 Å². The molecule has 0 aliphatic carbocycles. The van der Waals surface area contributed by atoms with Crippen LogP contribution in [0.4, 0.5) is 17.6 Å². The molecule has 1 fully saturated rings. The van der Waals surface area contributed by atoms with E-state index in [9.17, 15) is 32.3 Å². The Labute approximate surface area is 235 Å². The van der Waals surface area contributed by atoms with Crippen molar-refractivity contribution in [3.05, 3.63) is 101 Å². The van der Waals surface area contributed by atoms with Crippen molar-refractivity contribution < 1.29 is 27.5 Å². The fourth-order valence-corrected chi connectivity index (χ4v) is 4.98. The van der Waals surface area contributed by atoms with Crippen LogP contribution in [0.5, 0.6) is 0 Å². The number of amides is 1. The second-order valence-electron chi connectivity index (χ2n) is 10.2. The smallest absolute Gasteiger partial charge is 0.388 e. The van der Waals surface area contributed by atoms with Crippen LogP contribution in [0.2, 0.25) is 0 Å². The number of aliphatic hydroxyl groups is 1. The molecule has 2 aromatic carbocycles. The van der Waals surface area contributed by atoms with E-state index in [1.807, 2.05) is 0 Å². The van der Waals surface area contributed by atoms with Crippen molar-refractivity contribution in [3.63, 3.8) is 0 Å². The average Bonchev–Trinajstić information content (AvgIpc) is 3.64. The Morgan fingerprint density at radius 2 is 1.62 bits per heavy atom. The first kappa shape index (κ1) is 27.3. The lowest BCUT2D eigenvalue weighted by Crippen LogP contribution is -2.49. The number of hydrogen-bond donors (Lipinski definition) is 1. The van der Waals surface area contributed by atoms with Gasteiger partial charge in [0, 0.05) is 24.8 Å². The first-order chi connectivity index (χ1) is 20.0. The van der Waals surface area contributed by atoms with Crippen molar-refractivity contribution in [2.75, 3.05) is 13.1 Å². The maximum atomic E-state index is 13.3. The highest BCUT2D eigenvalue weighted by Gasteiger charge is 2.35. The number of carbonyl (C=O) groups is 1. The molecule has 6 rings (SSSR count). The number of halogens is 4. The predicted molar refractivity (Wildman–Crippen MR) is 142 cm³/mol. The molecule has 14 heteroatoms. The lowest BCUT2D eigenvalue weighted by atomic mass is 9.91. The molecule has 42 heavy (non-hydrogen) atoms. The third-order valence-corrected chi connectivity index (χ3v) is 7.36. The minimum Gasteiger partial charge on any atom is -0.388 e. The van der Waals surface area contributed by atoms with E-state index in [1.54, 1.807) is 29.2 Å². The molecular weight excluding hydrogens is 558 g/mol. The van der Waals surface area contributed by atoms with Gasteiger partial charge in [0.2, 0.25) is 0 Å². The van der Waals surface area contributed by atoms with Crippen LogP contribution in [0.25, 0.3) is 22.4 Å². The highest BCUT2D eigenvalue weighted by molar-refractivity contribution is 5.94. The maximum absolute atomic E-state index is 13.3. The van der Waals surface area contributed by atoms with E-state index in [-0.39, 0.29) is 49.4 Å². The van der Waals surface area contributed by atoms with Crippen LogP contribution in [0, 0.1) is 5.82 Å². The largest absolute Gasteiger partial charge is 0.419 e. The van der Waals surface area contributed by atoms with E-state index in [1.165, 1.54) is 46.0 Å². The summed E-state index contributed by atoms with van der Waals surface area (Å²) in [5, 5.41) is 19.5. The van der Waals surface area contributed by atoms with E-state index in [0.29, 0.717) is 16.9 Å². The molecule has 0 bridgehead atoms. The molecule has 4 heterocycles. The van der Waals surface area contributed by atoms with Gasteiger partial charge in [-0.2, -0.15) is 23.4 Å². The molecule has 1 aliphatic rings. The molecule has 216 valence electrons. The first-order valence-corrected chi connectivity index (χ1v) is 12.9. The van der Waals surface area contributed by atoms with Crippen LogP contribution in [-0.2, 0) is 12.7 Å². The van der Waals surface area contributed by atoms with Gasteiger partial charge in [-0.3, -0.25) is 14.2 Å². The molecule has 0 spiro atoms. The number of fused-ring (bicyclic) bond motifs is 1. The number of benzene rings is 2. The van der Waals surface area contributed by atoms with Crippen molar-refractivity contribution in [2.45, 2.75) is 31.2 Å². The maximum Gasteiger partial charge on any atom is 0.419 e. The van der Waals surface area contributed by atoms with E-state index in [4.69, 9.17) is 0 Å².